The van der Waals surface area contributed by atoms with Crippen LogP contribution in [0.2, 0.25) is 0 Å². The van der Waals surface area contributed by atoms with E-state index in [9.17, 15) is 4.79 Å². The molecule has 3 rings (SSSR count). The fourth-order valence-electron chi connectivity index (χ4n) is 2.67. The zero-order chi connectivity index (χ0) is 16.9. The number of para-hydroxylation sites is 1. The van der Waals surface area contributed by atoms with Gasteiger partial charge in [0.1, 0.15) is 11.5 Å². The van der Waals surface area contributed by atoms with E-state index in [0.717, 1.165) is 11.3 Å². The van der Waals surface area contributed by atoms with Gasteiger partial charge in [-0.1, -0.05) is 24.3 Å². The number of carbonyl (C=O) groups is 1. The Morgan fingerprint density at radius 3 is 2.71 bits per heavy atom. The van der Waals surface area contributed by atoms with Crippen LogP contribution in [0.1, 0.15) is 5.56 Å². The summed E-state index contributed by atoms with van der Waals surface area (Å²) in [6.45, 7) is 0.0830. The van der Waals surface area contributed by atoms with E-state index >= 15 is 0 Å². The van der Waals surface area contributed by atoms with Gasteiger partial charge in [0, 0.05) is 19.3 Å². The van der Waals surface area contributed by atoms with Crippen molar-refractivity contribution in [2.45, 2.75) is 6.42 Å². The highest BCUT2D eigenvalue weighted by atomic mass is 16.7. The number of hydrogen-bond donors (Lipinski definition) is 0. The lowest BCUT2D eigenvalue weighted by Crippen LogP contribution is -2.24. The molecule has 0 fully saturated rings. The lowest BCUT2D eigenvalue weighted by Gasteiger charge is -2.25. The molecule has 5 heteroatoms. The van der Waals surface area contributed by atoms with Crippen LogP contribution in [-0.4, -0.2) is 26.9 Å². The van der Waals surface area contributed by atoms with Gasteiger partial charge < -0.3 is 14.2 Å². The van der Waals surface area contributed by atoms with Gasteiger partial charge in [-0.15, -0.1) is 0 Å². The van der Waals surface area contributed by atoms with Crippen molar-refractivity contribution in [2.24, 2.45) is 0 Å². The maximum Gasteiger partial charge on any atom is 0.255 e. The Morgan fingerprint density at radius 2 is 1.92 bits per heavy atom. The first-order valence-corrected chi connectivity index (χ1v) is 7.63. The molecule has 0 spiro atoms. The van der Waals surface area contributed by atoms with E-state index in [0.29, 0.717) is 23.6 Å². The third-order valence-electron chi connectivity index (χ3n) is 3.79. The summed E-state index contributed by atoms with van der Waals surface area (Å²) in [6, 6.07) is 13.2. The minimum absolute atomic E-state index is 0.0830. The second-order valence-electron chi connectivity index (χ2n) is 5.29. The molecule has 124 valence electrons. The summed E-state index contributed by atoms with van der Waals surface area (Å²) in [7, 11) is 3.14. The number of rotatable bonds is 5. The molecule has 0 N–H and O–H groups in total. The molecule has 2 aromatic carbocycles. The third-order valence-corrected chi connectivity index (χ3v) is 3.79. The van der Waals surface area contributed by atoms with Crippen molar-refractivity contribution >= 4 is 17.3 Å². The fourth-order valence-corrected chi connectivity index (χ4v) is 2.67. The predicted octanol–water partition coefficient (Wildman–Crippen LogP) is 3.45. The summed E-state index contributed by atoms with van der Waals surface area (Å²) in [6.07, 6.45) is 4.17. The zero-order valence-electron chi connectivity index (χ0n) is 13.7. The molecule has 0 atom stereocenters. The van der Waals surface area contributed by atoms with Crippen molar-refractivity contribution in [2.75, 3.05) is 25.9 Å². The van der Waals surface area contributed by atoms with Gasteiger partial charge in [0.25, 0.3) is 5.91 Å². The van der Waals surface area contributed by atoms with Crippen LogP contribution in [0.15, 0.2) is 54.6 Å². The van der Waals surface area contributed by atoms with Crippen molar-refractivity contribution in [1.82, 2.24) is 0 Å². The molecular formula is C19H19NO4. The van der Waals surface area contributed by atoms with Crippen LogP contribution in [-0.2, 0) is 16.0 Å². The van der Waals surface area contributed by atoms with Crippen LogP contribution in [0.25, 0.3) is 0 Å². The van der Waals surface area contributed by atoms with Crippen LogP contribution < -0.4 is 14.4 Å². The van der Waals surface area contributed by atoms with Gasteiger partial charge in [0.2, 0.25) is 0 Å². The van der Waals surface area contributed by atoms with Crippen molar-refractivity contribution in [3.63, 3.8) is 0 Å². The number of amides is 1. The van der Waals surface area contributed by atoms with Gasteiger partial charge in [-0.3, -0.25) is 9.69 Å². The highest BCUT2D eigenvalue weighted by molar-refractivity contribution is 6.09. The summed E-state index contributed by atoms with van der Waals surface area (Å²) in [4.78, 5) is 14.3. The number of methoxy groups -OCH3 is 2. The Labute approximate surface area is 141 Å². The smallest absolute Gasteiger partial charge is 0.255 e. The lowest BCUT2D eigenvalue weighted by molar-refractivity contribution is -0.113. The molecule has 1 heterocycles. The molecule has 0 aromatic heterocycles. The maximum absolute atomic E-state index is 12.7. The number of fused-ring (bicyclic) bond motifs is 1. The van der Waals surface area contributed by atoms with Gasteiger partial charge in [0.15, 0.2) is 6.79 Å². The topological polar surface area (TPSA) is 48.0 Å². The van der Waals surface area contributed by atoms with E-state index in [1.165, 1.54) is 0 Å². The first-order valence-electron chi connectivity index (χ1n) is 7.63. The van der Waals surface area contributed by atoms with Gasteiger partial charge >= 0.3 is 0 Å². The molecule has 1 amide bonds. The molecule has 1 aliphatic rings. The summed E-state index contributed by atoms with van der Waals surface area (Å²) in [5.74, 6) is 1.05. The molecule has 0 aliphatic carbocycles. The Kier molecular flexibility index (Phi) is 4.82. The number of ether oxygens (including phenoxy) is 3. The SMILES string of the molecule is COCOc1cc(OC)ccc1N1C(=O)C=CCc2ccccc21. The van der Waals surface area contributed by atoms with E-state index < -0.39 is 0 Å². The molecule has 24 heavy (non-hydrogen) atoms. The summed E-state index contributed by atoms with van der Waals surface area (Å²) in [5.41, 5.74) is 2.57. The molecule has 0 saturated carbocycles. The quantitative estimate of drug-likeness (QED) is 0.790. The third kappa shape index (κ3) is 3.12. The molecule has 0 unspecified atom stereocenters. The maximum atomic E-state index is 12.7. The van der Waals surface area contributed by atoms with E-state index in [1.807, 2.05) is 36.4 Å². The first kappa shape index (κ1) is 16.1. The second kappa shape index (κ2) is 7.19. The van der Waals surface area contributed by atoms with Gasteiger partial charge in [0.05, 0.1) is 18.5 Å². The number of benzene rings is 2. The van der Waals surface area contributed by atoms with E-state index in [2.05, 4.69) is 0 Å². The Hall–Kier alpha value is -2.79. The monoisotopic (exact) mass is 325 g/mol. The number of allylic oxidation sites excluding steroid dienone is 1. The predicted molar refractivity (Wildman–Crippen MR) is 91.9 cm³/mol. The number of hydrogen-bond acceptors (Lipinski definition) is 4. The largest absolute Gasteiger partial charge is 0.497 e. The first-order chi connectivity index (χ1) is 11.7. The van der Waals surface area contributed by atoms with Crippen molar-refractivity contribution < 1.29 is 19.0 Å². The standard InChI is InChI=1S/C19H19NO4/c1-22-13-24-18-12-15(23-2)10-11-17(18)20-16-8-4-3-6-14(16)7-5-9-19(20)21/h3-6,8-12H,7,13H2,1-2H3. The Bertz CT molecular complexity index is 770. The van der Waals surface area contributed by atoms with Crippen molar-refractivity contribution in [3.05, 3.63) is 60.2 Å². The Morgan fingerprint density at radius 1 is 1.08 bits per heavy atom. The lowest BCUT2D eigenvalue weighted by atomic mass is 10.1. The van der Waals surface area contributed by atoms with E-state index in [4.69, 9.17) is 14.2 Å². The van der Waals surface area contributed by atoms with E-state index in [1.54, 1.807) is 37.3 Å². The van der Waals surface area contributed by atoms with Crippen LogP contribution >= 0.6 is 0 Å². The van der Waals surface area contributed by atoms with Crippen LogP contribution in [0.5, 0.6) is 11.5 Å². The minimum atomic E-state index is -0.118. The Balaban J connectivity index is 2.12. The van der Waals surface area contributed by atoms with Crippen molar-refractivity contribution in [3.8, 4) is 11.5 Å². The molecule has 0 bridgehead atoms. The van der Waals surface area contributed by atoms with E-state index in [-0.39, 0.29) is 12.7 Å². The number of nitrogens with zero attached hydrogens (tertiary/aromatic N) is 1. The highest BCUT2D eigenvalue weighted by Crippen LogP contribution is 2.39. The number of anilines is 2. The highest BCUT2D eigenvalue weighted by Gasteiger charge is 2.24. The van der Waals surface area contributed by atoms with Crippen molar-refractivity contribution in [1.29, 1.82) is 0 Å². The molecule has 1 aliphatic heterocycles. The normalized spacial score (nSPS) is 13.4. The van der Waals surface area contributed by atoms with Gasteiger partial charge in [-0.25, -0.2) is 0 Å². The molecular weight excluding hydrogens is 306 g/mol. The van der Waals surface area contributed by atoms with Crippen LogP contribution in [0.4, 0.5) is 11.4 Å². The molecule has 0 saturated heterocycles. The summed E-state index contributed by atoms with van der Waals surface area (Å²) >= 11 is 0. The average Bonchev–Trinajstić information content (AvgIpc) is 2.78. The van der Waals surface area contributed by atoms with Gasteiger partial charge in [-0.05, 0) is 30.2 Å². The number of carbonyl (C=O) groups excluding carboxylic acids is 1. The molecule has 2 aromatic rings. The minimum Gasteiger partial charge on any atom is -0.497 e. The average molecular weight is 325 g/mol. The second-order valence-corrected chi connectivity index (χ2v) is 5.29. The molecule has 5 nitrogen and oxygen atoms in total. The molecule has 0 radical (unpaired) electrons. The van der Waals surface area contributed by atoms with Crippen LogP contribution in [0, 0.1) is 0 Å². The zero-order valence-corrected chi connectivity index (χ0v) is 13.7. The fraction of sp³-hybridized carbons (Fsp3) is 0.211. The van der Waals surface area contributed by atoms with Gasteiger partial charge in [-0.2, -0.15) is 0 Å². The summed E-state index contributed by atoms with van der Waals surface area (Å²) in [5, 5.41) is 0. The van der Waals surface area contributed by atoms with Crippen LogP contribution in [0.3, 0.4) is 0 Å². The summed E-state index contributed by atoms with van der Waals surface area (Å²) < 4.78 is 15.9.